The molecule has 94 valence electrons. The average molecular weight is 246 g/mol. The van der Waals surface area contributed by atoms with Gasteiger partial charge in [0.1, 0.15) is 19.7 Å². The first-order valence-corrected chi connectivity index (χ1v) is 5.59. The summed E-state index contributed by atoms with van der Waals surface area (Å²) >= 11 is 0. The van der Waals surface area contributed by atoms with Crippen molar-refractivity contribution >= 4 is 25.9 Å². The van der Waals surface area contributed by atoms with E-state index in [-0.39, 0.29) is 29.3 Å². The highest BCUT2D eigenvalue weighted by Gasteiger charge is 2.48. The third kappa shape index (κ3) is 2.45. The summed E-state index contributed by atoms with van der Waals surface area (Å²) in [5.41, 5.74) is 0.186. The monoisotopic (exact) mass is 246 g/mol. The number of ketones is 1. The molecule has 1 rings (SSSR count). The van der Waals surface area contributed by atoms with Crippen LogP contribution in [-0.4, -0.2) is 31.5 Å². The molecule has 0 aliphatic carbocycles. The van der Waals surface area contributed by atoms with Gasteiger partial charge in [0.25, 0.3) is 0 Å². The minimum absolute atomic E-state index is 0.0934. The van der Waals surface area contributed by atoms with E-state index in [0.29, 0.717) is 17.3 Å². The standard InChI is InChI=1S/C13H15BO4/c1-7(6-15)11(12(17)8(2)9(3)14)13(4)5-10(16)18-13/h6H,5H2,1-4H3/b9-8+,11-7+/t13-/m0/s1. The molecule has 2 radical (unpaired) electrons. The predicted octanol–water partition coefficient (Wildman–Crippen LogP) is 1.24. The van der Waals surface area contributed by atoms with E-state index >= 15 is 0 Å². The summed E-state index contributed by atoms with van der Waals surface area (Å²) < 4.78 is 5.02. The van der Waals surface area contributed by atoms with Crippen molar-refractivity contribution in [3.05, 3.63) is 22.2 Å². The van der Waals surface area contributed by atoms with Gasteiger partial charge in [-0.05, 0) is 31.9 Å². The number of Topliss-reactive ketones (excluding diaryl/α,β-unsaturated/α-hetero) is 1. The molecule has 0 aromatic rings. The Hall–Kier alpha value is -1.65. The van der Waals surface area contributed by atoms with Crippen LogP contribution >= 0.6 is 0 Å². The zero-order chi connectivity index (χ0) is 14.1. The van der Waals surface area contributed by atoms with Crippen molar-refractivity contribution in [1.29, 1.82) is 0 Å². The van der Waals surface area contributed by atoms with E-state index in [2.05, 4.69) is 0 Å². The molecule has 0 N–H and O–H groups in total. The molecule has 0 aromatic heterocycles. The van der Waals surface area contributed by atoms with Gasteiger partial charge >= 0.3 is 5.97 Å². The minimum atomic E-state index is -1.02. The molecular weight excluding hydrogens is 231 g/mol. The Balaban J connectivity index is 3.26. The highest BCUT2D eigenvalue weighted by Crippen LogP contribution is 2.37. The summed E-state index contributed by atoms with van der Waals surface area (Å²) in [6.45, 7) is 6.33. The molecule has 1 atom stereocenters. The molecular formula is C13H15BO4. The number of hydrogen-bond acceptors (Lipinski definition) is 4. The Morgan fingerprint density at radius 1 is 1.39 bits per heavy atom. The lowest BCUT2D eigenvalue weighted by molar-refractivity contribution is -0.181. The predicted molar refractivity (Wildman–Crippen MR) is 67.0 cm³/mol. The number of allylic oxidation sites excluding steroid dienone is 3. The Bertz CT molecular complexity index is 473. The van der Waals surface area contributed by atoms with Crippen LogP contribution in [0.1, 0.15) is 34.1 Å². The lowest BCUT2D eigenvalue weighted by atomic mass is 9.78. The van der Waals surface area contributed by atoms with E-state index in [1.807, 2.05) is 0 Å². The number of carbonyl (C=O) groups is 3. The van der Waals surface area contributed by atoms with E-state index in [4.69, 9.17) is 12.6 Å². The van der Waals surface area contributed by atoms with Gasteiger partial charge < -0.3 is 4.74 Å². The number of esters is 1. The zero-order valence-corrected chi connectivity index (χ0v) is 11.0. The Morgan fingerprint density at radius 2 is 1.89 bits per heavy atom. The molecule has 1 aliphatic rings. The highest BCUT2D eigenvalue weighted by atomic mass is 16.6. The van der Waals surface area contributed by atoms with Gasteiger partial charge in [-0.15, -0.1) is 5.47 Å². The van der Waals surface area contributed by atoms with Crippen LogP contribution in [0.25, 0.3) is 0 Å². The van der Waals surface area contributed by atoms with Crippen LogP contribution in [0.5, 0.6) is 0 Å². The van der Waals surface area contributed by atoms with Crippen molar-refractivity contribution < 1.29 is 19.1 Å². The first-order valence-electron chi connectivity index (χ1n) is 5.59. The van der Waals surface area contributed by atoms with E-state index in [1.165, 1.54) is 6.92 Å². The van der Waals surface area contributed by atoms with Gasteiger partial charge in [-0.2, -0.15) is 0 Å². The average Bonchev–Trinajstić information content (AvgIpc) is 2.25. The van der Waals surface area contributed by atoms with Crippen molar-refractivity contribution in [3.63, 3.8) is 0 Å². The number of cyclic esters (lactones) is 1. The highest BCUT2D eigenvalue weighted by molar-refractivity contribution is 6.26. The summed E-state index contributed by atoms with van der Waals surface area (Å²) in [4.78, 5) is 34.2. The van der Waals surface area contributed by atoms with Gasteiger partial charge in [-0.25, -0.2) is 0 Å². The van der Waals surface area contributed by atoms with E-state index in [9.17, 15) is 14.4 Å². The van der Waals surface area contributed by atoms with Crippen LogP contribution in [0.15, 0.2) is 22.2 Å². The summed E-state index contributed by atoms with van der Waals surface area (Å²) in [7, 11) is 5.59. The lowest BCUT2D eigenvalue weighted by Gasteiger charge is -2.39. The molecule has 1 fully saturated rings. The van der Waals surface area contributed by atoms with Gasteiger partial charge in [-0.1, -0.05) is 6.92 Å². The minimum Gasteiger partial charge on any atom is -0.454 e. The summed E-state index contributed by atoms with van der Waals surface area (Å²) in [5, 5.41) is 0. The molecule has 0 bridgehead atoms. The van der Waals surface area contributed by atoms with Crippen LogP contribution < -0.4 is 0 Å². The quantitative estimate of drug-likeness (QED) is 0.324. The van der Waals surface area contributed by atoms with Crippen molar-refractivity contribution in [2.24, 2.45) is 0 Å². The fourth-order valence-corrected chi connectivity index (χ4v) is 1.92. The van der Waals surface area contributed by atoms with Gasteiger partial charge in [0.2, 0.25) is 0 Å². The topological polar surface area (TPSA) is 60.4 Å². The smallest absolute Gasteiger partial charge is 0.311 e. The van der Waals surface area contributed by atoms with Crippen LogP contribution in [0, 0.1) is 0 Å². The number of ether oxygens (including phenoxy) is 1. The molecule has 0 spiro atoms. The summed E-state index contributed by atoms with van der Waals surface area (Å²) in [5.74, 6) is -0.734. The SMILES string of the molecule is [B]/C(C)=C(\C)C(=O)/C(=C(/C)C=O)[C@]1(C)CC(=O)O1. The third-order valence-corrected chi connectivity index (χ3v) is 3.08. The fraction of sp³-hybridized carbons (Fsp3) is 0.462. The van der Waals surface area contributed by atoms with Crippen molar-refractivity contribution in [2.75, 3.05) is 0 Å². The van der Waals surface area contributed by atoms with Crippen molar-refractivity contribution in [3.8, 4) is 0 Å². The Morgan fingerprint density at radius 3 is 2.22 bits per heavy atom. The first kappa shape index (κ1) is 14.4. The second kappa shape index (κ2) is 4.92. The molecule has 5 heteroatoms. The van der Waals surface area contributed by atoms with Crippen molar-refractivity contribution in [2.45, 2.75) is 39.7 Å². The third-order valence-electron chi connectivity index (χ3n) is 3.08. The lowest BCUT2D eigenvalue weighted by Crippen LogP contribution is -2.49. The molecule has 1 aliphatic heterocycles. The van der Waals surface area contributed by atoms with Crippen molar-refractivity contribution in [1.82, 2.24) is 0 Å². The van der Waals surface area contributed by atoms with Crippen LogP contribution in [-0.2, 0) is 19.1 Å². The first-order chi connectivity index (χ1) is 8.23. The number of aldehydes is 1. The fourth-order valence-electron chi connectivity index (χ4n) is 1.92. The van der Waals surface area contributed by atoms with Gasteiger partial charge in [0.15, 0.2) is 5.78 Å². The van der Waals surface area contributed by atoms with Crippen LogP contribution in [0.3, 0.4) is 0 Å². The second-order valence-electron chi connectivity index (χ2n) is 4.69. The van der Waals surface area contributed by atoms with Gasteiger partial charge in [-0.3, -0.25) is 14.4 Å². The van der Waals surface area contributed by atoms with E-state index < -0.39 is 5.60 Å². The second-order valence-corrected chi connectivity index (χ2v) is 4.69. The Kier molecular flexibility index (Phi) is 3.94. The van der Waals surface area contributed by atoms with Gasteiger partial charge in [0.05, 0.1) is 6.42 Å². The molecule has 1 saturated heterocycles. The number of hydrogen-bond donors (Lipinski definition) is 0. The normalized spacial score (nSPS) is 25.4. The van der Waals surface area contributed by atoms with E-state index in [1.54, 1.807) is 20.8 Å². The Labute approximate surface area is 107 Å². The van der Waals surface area contributed by atoms with Crippen LogP contribution in [0.4, 0.5) is 0 Å². The maximum atomic E-state index is 12.3. The zero-order valence-electron chi connectivity index (χ0n) is 11.0. The molecule has 1 heterocycles. The number of carbonyl (C=O) groups excluding carboxylic acids is 3. The van der Waals surface area contributed by atoms with Gasteiger partial charge in [0, 0.05) is 5.57 Å². The maximum Gasteiger partial charge on any atom is 0.311 e. The molecule has 18 heavy (non-hydrogen) atoms. The molecule has 0 unspecified atom stereocenters. The molecule has 0 aromatic carbocycles. The molecule has 0 amide bonds. The molecule has 0 saturated carbocycles. The summed E-state index contributed by atoms with van der Waals surface area (Å²) in [6, 6.07) is 0. The number of rotatable bonds is 4. The maximum absolute atomic E-state index is 12.3. The molecule has 4 nitrogen and oxygen atoms in total. The van der Waals surface area contributed by atoms with Crippen LogP contribution in [0.2, 0.25) is 0 Å². The largest absolute Gasteiger partial charge is 0.454 e. The summed E-state index contributed by atoms with van der Waals surface area (Å²) in [6.07, 6.45) is 0.680. The van der Waals surface area contributed by atoms with E-state index in [0.717, 1.165) is 0 Å².